The zero-order chi connectivity index (χ0) is 15.5. The Bertz CT molecular complexity index is 460. The molecule has 0 bridgehead atoms. The van der Waals surface area contributed by atoms with E-state index in [1.807, 2.05) is 0 Å². The molecule has 0 spiro atoms. The van der Waals surface area contributed by atoms with E-state index in [1.165, 1.54) is 0 Å². The third kappa shape index (κ3) is 3.72. The molecule has 1 aromatic heterocycles. The zero-order valence-corrected chi connectivity index (χ0v) is 13.6. The summed E-state index contributed by atoms with van der Waals surface area (Å²) in [6.07, 6.45) is 2.29. The first-order valence-electron chi connectivity index (χ1n) is 7.71. The van der Waals surface area contributed by atoms with Crippen LogP contribution in [0.25, 0.3) is 0 Å². The van der Waals surface area contributed by atoms with Crippen LogP contribution in [0.5, 0.6) is 0 Å². The molecule has 1 aromatic rings. The van der Waals surface area contributed by atoms with Gasteiger partial charge in [-0.1, -0.05) is 13.8 Å². The van der Waals surface area contributed by atoms with Gasteiger partial charge in [0.2, 0.25) is 17.8 Å². The van der Waals surface area contributed by atoms with Crippen molar-refractivity contribution in [2.45, 2.75) is 40.5 Å². The van der Waals surface area contributed by atoms with Crippen LogP contribution in [-0.2, 0) is 0 Å². The molecule has 0 saturated carbocycles. The second kappa shape index (κ2) is 6.43. The molecule has 1 aliphatic heterocycles. The van der Waals surface area contributed by atoms with Gasteiger partial charge in [0.25, 0.3) is 0 Å². The lowest BCUT2D eigenvalue weighted by Gasteiger charge is -2.37. The summed E-state index contributed by atoms with van der Waals surface area (Å²) in [6.45, 7) is 12.5. The number of hydrogen-bond donors (Lipinski definition) is 2. The van der Waals surface area contributed by atoms with E-state index >= 15 is 0 Å². The number of rotatable bonds is 5. The van der Waals surface area contributed by atoms with Crippen molar-refractivity contribution in [1.82, 2.24) is 15.0 Å². The Morgan fingerprint density at radius 3 is 2.29 bits per heavy atom. The topological polar surface area (TPSA) is 83.2 Å². The highest BCUT2D eigenvalue weighted by Gasteiger charge is 2.27. The number of nitrogen functional groups attached to an aromatic ring is 1. The highest BCUT2D eigenvalue weighted by Crippen LogP contribution is 2.31. The largest absolute Gasteiger partial charge is 0.341 e. The number of piperidine rings is 1. The third-order valence-corrected chi connectivity index (χ3v) is 4.19. The van der Waals surface area contributed by atoms with Gasteiger partial charge in [-0.2, -0.15) is 15.0 Å². The highest BCUT2D eigenvalue weighted by molar-refractivity contribution is 5.45. The third-order valence-electron chi connectivity index (χ3n) is 4.19. The van der Waals surface area contributed by atoms with E-state index in [0.717, 1.165) is 45.0 Å². The van der Waals surface area contributed by atoms with Crippen molar-refractivity contribution in [2.24, 2.45) is 11.3 Å². The summed E-state index contributed by atoms with van der Waals surface area (Å²) in [5, 5.41) is 0. The van der Waals surface area contributed by atoms with Crippen molar-refractivity contribution in [3.8, 4) is 0 Å². The Morgan fingerprint density at radius 1 is 1.14 bits per heavy atom. The van der Waals surface area contributed by atoms with Crippen LogP contribution in [0.15, 0.2) is 0 Å². The van der Waals surface area contributed by atoms with Gasteiger partial charge in [-0.05, 0) is 32.1 Å². The summed E-state index contributed by atoms with van der Waals surface area (Å²) < 4.78 is 0. The lowest BCUT2D eigenvalue weighted by Crippen LogP contribution is -2.39. The van der Waals surface area contributed by atoms with E-state index in [0.29, 0.717) is 17.3 Å². The van der Waals surface area contributed by atoms with Gasteiger partial charge in [0.1, 0.15) is 0 Å². The van der Waals surface area contributed by atoms with E-state index in [2.05, 4.69) is 57.9 Å². The molecule has 7 heteroatoms. The summed E-state index contributed by atoms with van der Waals surface area (Å²) in [6, 6.07) is 0. The van der Waals surface area contributed by atoms with Crippen molar-refractivity contribution in [3.63, 3.8) is 0 Å². The Morgan fingerprint density at radius 2 is 1.76 bits per heavy atom. The summed E-state index contributed by atoms with van der Waals surface area (Å²) >= 11 is 0. The molecule has 7 nitrogen and oxygen atoms in total. The van der Waals surface area contributed by atoms with Crippen LogP contribution in [-0.4, -0.2) is 41.1 Å². The Kier molecular flexibility index (Phi) is 4.82. The molecule has 1 saturated heterocycles. The number of hydrazine groups is 1. The fraction of sp³-hybridized carbons (Fsp3) is 0.786. The molecule has 2 rings (SSSR count). The van der Waals surface area contributed by atoms with Crippen LogP contribution in [0.2, 0.25) is 0 Å². The smallest absolute Gasteiger partial charge is 0.243 e. The van der Waals surface area contributed by atoms with Gasteiger partial charge in [-0.3, -0.25) is 5.43 Å². The van der Waals surface area contributed by atoms with Crippen LogP contribution in [0.4, 0.5) is 17.8 Å². The first-order chi connectivity index (χ1) is 9.99. The van der Waals surface area contributed by atoms with Gasteiger partial charge in [0.05, 0.1) is 0 Å². The normalized spacial score (nSPS) is 17.7. The first-order valence-corrected chi connectivity index (χ1v) is 7.71. The number of hydrogen-bond acceptors (Lipinski definition) is 7. The van der Waals surface area contributed by atoms with Crippen molar-refractivity contribution >= 4 is 17.8 Å². The zero-order valence-electron chi connectivity index (χ0n) is 13.6. The standard InChI is InChI=1S/C14H27N7/c1-5-20(6-2)12-16-11(19-15)17-13(18-12)21-9-7-14(3,4)8-10-21/h5-10,15H2,1-4H3,(H,16,17,18,19). The minimum atomic E-state index is 0.403. The lowest BCUT2D eigenvalue weighted by molar-refractivity contribution is 0.278. The van der Waals surface area contributed by atoms with Gasteiger partial charge in [0, 0.05) is 26.2 Å². The average Bonchev–Trinajstić information content (AvgIpc) is 2.48. The molecule has 0 atom stereocenters. The number of anilines is 3. The van der Waals surface area contributed by atoms with Crippen molar-refractivity contribution in [3.05, 3.63) is 0 Å². The van der Waals surface area contributed by atoms with Crippen molar-refractivity contribution in [2.75, 3.05) is 41.4 Å². The van der Waals surface area contributed by atoms with E-state index < -0.39 is 0 Å². The predicted octanol–water partition coefficient (Wildman–Crippen LogP) is 1.63. The molecule has 21 heavy (non-hydrogen) atoms. The highest BCUT2D eigenvalue weighted by atomic mass is 15.4. The van der Waals surface area contributed by atoms with Gasteiger partial charge in [-0.25, -0.2) is 5.84 Å². The average molecular weight is 293 g/mol. The quantitative estimate of drug-likeness (QED) is 0.630. The van der Waals surface area contributed by atoms with Gasteiger partial charge in [-0.15, -0.1) is 0 Å². The molecular formula is C14H27N7. The van der Waals surface area contributed by atoms with Gasteiger partial charge < -0.3 is 9.80 Å². The maximum atomic E-state index is 5.50. The molecule has 3 N–H and O–H groups in total. The fourth-order valence-electron chi connectivity index (χ4n) is 2.52. The molecular weight excluding hydrogens is 266 g/mol. The minimum absolute atomic E-state index is 0.403. The van der Waals surface area contributed by atoms with E-state index in [-0.39, 0.29) is 0 Å². The Hall–Kier alpha value is -1.63. The molecule has 0 aliphatic carbocycles. The summed E-state index contributed by atoms with van der Waals surface area (Å²) in [5.41, 5.74) is 2.95. The van der Waals surface area contributed by atoms with E-state index in [9.17, 15) is 0 Å². The van der Waals surface area contributed by atoms with Crippen LogP contribution in [0.3, 0.4) is 0 Å². The Balaban J connectivity index is 2.25. The predicted molar refractivity (Wildman–Crippen MR) is 86.4 cm³/mol. The van der Waals surface area contributed by atoms with Crippen molar-refractivity contribution < 1.29 is 0 Å². The summed E-state index contributed by atoms with van der Waals surface area (Å²) in [7, 11) is 0. The van der Waals surface area contributed by atoms with Gasteiger partial charge >= 0.3 is 0 Å². The molecule has 1 fully saturated rings. The monoisotopic (exact) mass is 293 g/mol. The van der Waals surface area contributed by atoms with E-state index in [1.54, 1.807) is 0 Å². The lowest BCUT2D eigenvalue weighted by atomic mass is 9.83. The number of aromatic nitrogens is 3. The molecule has 0 radical (unpaired) electrons. The molecule has 0 unspecified atom stereocenters. The van der Waals surface area contributed by atoms with Crippen LogP contribution in [0, 0.1) is 5.41 Å². The second-order valence-electron chi connectivity index (χ2n) is 6.23. The first kappa shape index (κ1) is 15.8. The fourth-order valence-corrected chi connectivity index (χ4v) is 2.52. The van der Waals surface area contributed by atoms with Crippen molar-refractivity contribution in [1.29, 1.82) is 0 Å². The SMILES string of the molecule is CCN(CC)c1nc(NN)nc(N2CCC(C)(C)CC2)n1. The van der Waals surface area contributed by atoms with Crippen LogP contribution >= 0.6 is 0 Å². The van der Waals surface area contributed by atoms with E-state index in [4.69, 9.17) is 5.84 Å². The number of nitrogens with zero attached hydrogens (tertiary/aromatic N) is 5. The maximum absolute atomic E-state index is 5.50. The summed E-state index contributed by atoms with van der Waals surface area (Å²) in [4.78, 5) is 17.7. The minimum Gasteiger partial charge on any atom is -0.341 e. The Labute approximate surface area is 126 Å². The van der Waals surface area contributed by atoms with Gasteiger partial charge in [0.15, 0.2) is 0 Å². The maximum Gasteiger partial charge on any atom is 0.243 e. The molecule has 118 valence electrons. The summed E-state index contributed by atoms with van der Waals surface area (Å²) in [5.74, 6) is 7.33. The second-order valence-corrected chi connectivity index (χ2v) is 6.23. The molecule has 1 aliphatic rings. The number of nitrogens with one attached hydrogen (secondary N) is 1. The molecule has 0 aromatic carbocycles. The number of nitrogens with two attached hydrogens (primary N) is 1. The molecule has 0 amide bonds. The molecule has 2 heterocycles. The van der Waals surface area contributed by atoms with Crippen LogP contribution in [0.1, 0.15) is 40.5 Å². The van der Waals surface area contributed by atoms with Crippen LogP contribution < -0.4 is 21.1 Å².